The van der Waals surface area contributed by atoms with Gasteiger partial charge in [-0.05, 0) is 44.3 Å². The van der Waals surface area contributed by atoms with Crippen molar-refractivity contribution in [3.8, 4) is 5.75 Å². The SMILES string of the molecule is COc1ccc(C(=O)NCCCN2CCN(C)CC2)cc1. The Hall–Kier alpha value is -1.59. The maximum absolute atomic E-state index is 12.0. The van der Waals surface area contributed by atoms with Crippen LogP contribution in [0.4, 0.5) is 0 Å². The molecule has 5 heteroatoms. The van der Waals surface area contributed by atoms with Gasteiger partial charge in [-0.25, -0.2) is 0 Å². The van der Waals surface area contributed by atoms with E-state index in [0.29, 0.717) is 5.56 Å². The van der Waals surface area contributed by atoms with Crippen molar-refractivity contribution in [1.29, 1.82) is 0 Å². The lowest BCUT2D eigenvalue weighted by Crippen LogP contribution is -2.45. The largest absolute Gasteiger partial charge is 0.497 e. The number of methoxy groups -OCH3 is 1. The Morgan fingerprint density at radius 3 is 2.48 bits per heavy atom. The van der Waals surface area contributed by atoms with Gasteiger partial charge in [0.25, 0.3) is 5.91 Å². The van der Waals surface area contributed by atoms with Gasteiger partial charge in [-0.1, -0.05) is 0 Å². The first-order valence-corrected chi connectivity index (χ1v) is 7.52. The van der Waals surface area contributed by atoms with Crippen molar-refractivity contribution in [2.45, 2.75) is 6.42 Å². The minimum Gasteiger partial charge on any atom is -0.497 e. The topological polar surface area (TPSA) is 44.8 Å². The molecule has 0 spiro atoms. The van der Waals surface area contributed by atoms with Gasteiger partial charge < -0.3 is 19.9 Å². The summed E-state index contributed by atoms with van der Waals surface area (Å²) in [6.07, 6.45) is 0.992. The van der Waals surface area contributed by atoms with E-state index in [9.17, 15) is 4.79 Å². The van der Waals surface area contributed by atoms with Crippen LogP contribution in [-0.4, -0.2) is 69.1 Å². The number of carbonyl (C=O) groups is 1. The molecule has 0 saturated carbocycles. The van der Waals surface area contributed by atoms with E-state index in [-0.39, 0.29) is 5.91 Å². The van der Waals surface area contributed by atoms with Gasteiger partial charge in [0.05, 0.1) is 7.11 Å². The van der Waals surface area contributed by atoms with E-state index < -0.39 is 0 Å². The van der Waals surface area contributed by atoms with Crippen molar-refractivity contribution < 1.29 is 9.53 Å². The second-order valence-electron chi connectivity index (χ2n) is 5.48. The van der Waals surface area contributed by atoms with Crippen LogP contribution in [0.25, 0.3) is 0 Å². The number of hydrogen-bond donors (Lipinski definition) is 1. The summed E-state index contributed by atoms with van der Waals surface area (Å²) in [7, 11) is 3.78. The molecule has 1 saturated heterocycles. The molecule has 0 aromatic heterocycles. The van der Waals surface area contributed by atoms with Crippen LogP contribution in [0.1, 0.15) is 16.8 Å². The van der Waals surface area contributed by atoms with Crippen molar-refractivity contribution >= 4 is 5.91 Å². The van der Waals surface area contributed by atoms with E-state index in [1.165, 1.54) is 0 Å². The third-order valence-electron chi connectivity index (χ3n) is 3.88. The molecule has 21 heavy (non-hydrogen) atoms. The van der Waals surface area contributed by atoms with E-state index in [1.54, 1.807) is 31.4 Å². The van der Waals surface area contributed by atoms with E-state index in [2.05, 4.69) is 22.2 Å². The van der Waals surface area contributed by atoms with E-state index in [0.717, 1.165) is 51.4 Å². The zero-order valence-corrected chi connectivity index (χ0v) is 13.0. The van der Waals surface area contributed by atoms with Crippen molar-refractivity contribution in [3.63, 3.8) is 0 Å². The molecule has 1 aromatic rings. The van der Waals surface area contributed by atoms with Gasteiger partial charge in [0.15, 0.2) is 0 Å². The molecule has 1 aliphatic rings. The maximum atomic E-state index is 12.0. The number of amides is 1. The van der Waals surface area contributed by atoms with Gasteiger partial charge in [-0.15, -0.1) is 0 Å². The Morgan fingerprint density at radius 2 is 1.86 bits per heavy atom. The van der Waals surface area contributed by atoms with Crippen molar-refractivity contribution in [3.05, 3.63) is 29.8 Å². The summed E-state index contributed by atoms with van der Waals surface area (Å²) in [5, 5.41) is 2.97. The number of benzene rings is 1. The van der Waals surface area contributed by atoms with E-state index in [4.69, 9.17) is 4.74 Å². The number of ether oxygens (including phenoxy) is 1. The van der Waals surface area contributed by atoms with Crippen LogP contribution in [0, 0.1) is 0 Å². The van der Waals surface area contributed by atoms with Gasteiger partial charge in [0.2, 0.25) is 0 Å². The number of rotatable bonds is 6. The monoisotopic (exact) mass is 291 g/mol. The first kappa shape index (κ1) is 15.8. The number of piperazine rings is 1. The molecule has 1 amide bonds. The minimum atomic E-state index is -0.0176. The van der Waals surface area contributed by atoms with E-state index >= 15 is 0 Å². The van der Waals surface area contributed by atoms with Crippen LogP contribution in [-0.2, 0) is 0 Å². The molecule has 0 radical (unpaired) electrons. The van der Waals surface area contributed by atoms with Crippen LogP contribution in [0.3, 0.4) is 0 Å². The highest BCUT2D eigenvalue weighted by Gasteiger charge is 2.13. The molecule has 1 N–H and O–H groups in total. The van der Waals surface area contributed by atoms with Crippen LogP contribution >= 0.6 is 0 Å². The summed E-state index contributed by atoms with van der Waals surface area (Å²) in [6.45, 7) is 6.30. The highest BCUT2D eigenvalue weighted by atomic mass is 16.5. The zero-order valence-electron chi connectivity index (χ0n) is 13.0. The number of carbonyl (C=O) groups excluding carboxylic acids is 1. The molecule has 116 valence electrons. The maximum Gasteiger partial charge on any atom is 0.251 e. The van der Waals surface area contributed by atoms with Gasteiger partial charge in [0.1, 0.15) is 5.75 Å². The number of likely N-dealkylation sites (N-methyl/N-ethyl adjacent to an activating group) is 1. The lowest BCUT2D eigenvalue weighted by molar-refractivity contribution is 0.0949. The Morgan fingerprint density at radius 1 is 1.19 bits per heavy atom. The first-order chi connectivity index (χ1) is 10.2. The molecule has 1 aliphatic heterocycles. The lowest BCUT2D eigenvalue weighted by atomic mass is 10.2. The summed E-state index contributed by atoms with van der Waals surface area (Å²) in [5.74, 6) is 0.748. The normalized spacial score (nSPS) is 16.7. The molecule has 1 heterocycles. The summed E-state index contributed by atoms with van der Waals surface area (Å²) in [5.41, 5.74) is 0.676. The summed E-state index contributed by atoms with van der Waals surface area (Å²) in [4.78, 5) is 16.8. The second-order valence-corrected chi connectivity index (χ2v) is 5.48. The highest BCUT2D eigenvalue weighted by Crippen LogP contribution is 2.11. The average Bonchev–Trinajstić information content (AvgIpc) is 2.53. The number of nitrogens with zero attached hydrogens (tertiary/aromatic N) is 2. The fourth-order valence-electron chi connectivity index (χ4n) is 2.42. The molecule has 0 atom stereocenters. The number of hydrogen-bond acceptors (Lipinski definition) is 4. The quantitative estimate of drug-likeness (QED) is 0.796. The highest BCUT2D eigenvalue weighted by molar-refractivity contribution is 5.94. The van der Waals surface area contributed by atoms with Crippen molar-refractivity contribution in [1.82, 2.24) is 15.1 Å². The molecule has 0 bridgehead atoms. The summed E-state index contributed by atoms with van der Waals surface area (Å²) >= 11 is 0. The standard InChI is InChI=1S/C16H25N3O2/c1-18-10-12-19(13-11-18)9-3-8-17-16(20)14-4-6-15(21-2)7-5-14/h4-7H,3,8-13H2,1-2H3,(H,17,20). The lowest BCUT2D eigenvalue weighted by Gasteiger charge is -2.32. The summed E-state index contributed by atoms with van der Waals surface area (Å²) < 4.78 is 5.08. The molecule has 5 nitrogen and oxygen atoms in total. The Kier molecular flexibility index (Phi) is 6.02. The molecular weight excluding hydrogens is 266 g/mol. The van der Waals surface area contributed by atoms with Crippen LogP contribution in [0.5, 0.6) is 5.75 Å². The Balaban J connectivity index is 1.64. The fraction of sp³-hybridized carbons (Fsp3) is 0.562. The summed E-state index contributed by atoms with van der Waals surface area (Å²) in [6, 6.07) is 7.18. The molecule has 0 unspecified atom stereocenters. The third kappa shape index (κ3) is 5.02. The Bertz CT molecular complexity index is 439. The van der Waals surface area contributed by atoms with Crippen molar-refractivity contribution in [2.24, 2.45) is 0 Å². The number of nitrogens with one attached hydrogen (secondary N) is 1. The zero-order chi connectivity index (χ0) is 15.1. The van der Waals surface area contributed by atoms with Gasteiger partial charge in [0, 0.05) is 38.3 Å². The average molecular weight is 291 g/mol. The van der Waals surface area contributed by atoms with Crippen LogP contribution in [0.15, 0.2) is 24.3 Å². The predicted molar refractivity (Wildman–Crippen MR) is 83.9 cm³/mol. The van der Waals surface area contributed by atoms with Crippen LogP contribution < -0.4 is 10.1 Å². The van der Waals surface area contributed by atoms with Gasteiger partial charge >= 0.3 is 0 Å². The van der Waals surface area contributed by atoms with Crippen molar-refractivity contribution in [2.75, 3.05) is 53.4 Å². The predicted octanol–water partition coefficient (Wildman–Crippen LogP) is 1.06. The second kappa shape index (κ2) is 8.00. The van der Waals surface area contributed by atoms with Gasteiger partial charge in [-0.3, -0.25) is 4.79 Å². The third-order valence-corrected chi connectivity index (χ3v) is 3.88. The van der Waals surface area contributed by atoms with E-state index in [1.807, 2.05) is 0 Å². The van der Waals surface area contributed by atoms with Gasteiger partial charge in [-0.2, -0.15) is 0 Å². The first-order valence-electron chi connectivity index (χ1n) is 7.52. The molecule has 0 aliphatic carbocycles. The smallest absolute Gasteiger partial charge is 0.251 e. The molecule has 1 fully saturated rings. The van der Waals surface area contributed by atoms with Crippen LogP contribution in [0.2, 0.25) is 0 Å². The molecule has 2 rings (SSSR count). The minimum absolute atomic E-state index is 0.0176. The molecule has 1 aromatic carbocycles. The Labute approximate surface area is 126 Å². The fourth-order valence-corrected chi connectivity index (χ4v) is 2.42. The molecular formula is C16H25N3O2.